The molecule has 0 radical (unpaired) electrons. The SMILES string of the molecule is CCOC(=O)c1cc(-c2ccccc2)sc1NC(=S)N1CCN(Cc2ccc(Cl)c(Cl)c2)CC1. The lowest BCUT2D eigenvalue weighted by atomic mass is 10.1. The summed E-state index contributed by atoms with van der Waals surface area (Å²) >= 11 is 19.4. The summed E-state index contributed by atoms with van der Waals surface area (Å²) in [5.41, 5.74) is 2.69. The highest BCUT2D eigenvalue weighted by Gasteiger charge is 2.23. The van der Waals surface area contributed by atoms with Crippen LogP contribution in [0.25, 0.3) is 10.4 Å². The molecule has 9 heteroatoms. The summed E-state index contributed by atoms with van der Waals surface area (Å²) in [5.74, 6) is -0.349. The van der Waals surface area contributed by atoms with Crippen LogP contribution in [0.5, 0.6) is 0 Å². The molecule has 1 saturated heterocycles. The van der Waals surface area contributed by atoms with E-state index < -0.39 is 0 Å². The van der Waals surface area contributed by atoms with Gasteiger partial charge in [0.1, 0.15) is 5.00 Å². The van der Waals surface area contributed by atoms with Gasteiger partial charge in [-0.1, -0.05) is 59.6 Å². The molecule has 5 nitrogen and oxygen atoms in total. The van der Waals surface area contributed by atoms with Crippen molar-refractivity contribution in [3.05, 3.63) is 75.8 Å². The largest absolute Gasteiger partial charge is 0.462 e. The summed E-state index contributed by atoms with van der Waals surface area (Å²) in [6.07, 6.45) is 0. The van der Waals surface area contributed by atoms with Crippen molar-refractivity contribution in [2.45, 2.75) is 13.5 Å². The molecule has 0 spiro atoms. The van der Waals surface area contributed by atoms with Crippen molar-refractivity contribution in [1.29, 1.82) is 0 Å². The van der Waals surface area contributed by atoms with Crippen LogP contribution < -0.4 is 5.32 Å². The molecule has 1 aromatic heterocycles. The van der Waals surface area contributed by atoms with Gasteiger partial charge in [0.25, 0.3) is 0 Å². The Hall–Kier alpha value is -2.16. The molecule has 0 saturated carbocycles. The number of hydrogen-bond acceptors (Lipinski definition) is 5. The van der Waals surface area contributed by atoms with Crippen molar-refractivity contribution < 1.29 is 9.53 Å². The number of benzene rings is 2. The molecule has 0 atom stereocenters. The lowest BCUT2D eigenvalue weighted by Gasteiger charge is -2.36. The molecule has 0 bridgehead atoms. The predicted molar refractivity (Wildman–Crippen MR) is 145 cm³/mol. The number of piperazine rings is 1. The maximum atomic E-state index is 12.6. The number of nitrogens with zero attached hydrogens (tertiary/aromatic N) is 2. The van der Waals surface area contributed by atoms with Crippen LogP contribution in [0.2, 0.25) is 10.0 Å². The quantitative estimate of drug-likeness (QED) is 0.291. The third-order valence-electron chi connectivity index (χ3n) is 5.56. The van der Waals surface area contributed by atoms with E-state index >= 15 is 0 Å². The number of halogens is 2. The van der Waals surface area contributed by atoms with Crippen LogP contribution in [-0.2, 0) is 11.3 Å². The third kappa shape index (κ3) is 6.09. The second kappa shape index (κ2) is 11.5. The van der Waals surface area contributed by atoms with Crippen LogP contribution in [-0.4, -0.2) is 53.7 Å². The molecule has 2 aromatic carbocycles. The Kier molecular flexibility index (Phi) is 8.45. The monoisotopic (exact) mass is 533 g/mol. The molecular weight excluding hydrogens is 509 g/mol. The first-order valence-corrected chi connectivity index (χ1v) is 13.0. The highest BCUT2D eigenvalue weighted by Crippen LogP contribution is 2.36. The van der Waals surface area contributed by atoms with Crippen LogP contribution in [0.1, 0.15) is 22.8 Å². The van der Waals surface area contributed by atoms with E-state index in [2.05, 4.69) is 15.1 Å². The fraction of sp³-hybridized carbons (Fsp3) is 0.280. The summed E-state index contributed by atoms with van der Waals surface area (Å²) in [7, 11) is 0. The first-order chi connectivity index (χ1) is 16.4. The van der Waals surface area contributed by atoms with Crippen molar-refractivity contribution >= 4 is 62.8 Å². The molecule has 2 heterocycles. The number of carbonyl (C=O) groups excluding carboxylic acids is 1. The van der Waals surface area contributed by atoms with Gasteiger partial charge in [-0.15, -0.1) is 11.3 Å². The second-order valence-electron chi connectivity index (χ2n) is 7.88. The average Bonchev–Trinajstić information content (AvgIpc) is 3.26. The van der Waals surface area contributed by atoms with Gasteiger partial charge in [0.2, 0.25) is 0 Å². The lowest BCUT2D eigenvalue weighted by molar-refractivity contribution is 0.0528. The van der Waals surface area contributed by atoms with Crippen molar-refractivity contribution in [3.8, 4) is 10.4 Å². The molecule has 3 aromatic rings. The Bertz CT molecular complexity index is 1160. The minimum Gasteiger partial charge on any atom is -0.462 e. The zero-order valence-corrected chi connectivity index (χ0v) is 21.9. The van der Waals surface area contributed by atoms with Crippen LogP contribution in [0.3, 0.4) is 0 Å². The van der Waals surface area contributed by atoms with E-state index in [4.69, 9.17) is 40.2 Å². The Morgan fingerprint density at radius 2 is 1.79 bits per heavy atom. The van der Waals surface area contributed by atoms with Gasteiger partial charge in [-0.2, -0.15) is 0 Å². The van der Waals surface area contributed by atoms with Gasteiger partial charge >= 0.3 is 5.97 Å². The van der Waals surface area contributed by atoms with Crippen LogP contribution in [0, 0.1) is 0 Å². The van der Waals surface area contributed by atoms with E-state index in [1.54, 1.807) is 6.92 Å². The zero-order valence-electron chi connectivity index (χ0n) is 18.7. The van der Waals surface area contributed by atoms with Gasteiger partial charge < -0.3 is 15.0 Å². The van der Waals surface area contributed by atoms with Gasteiger partial charge in [0.15, 0.2) is 5.11 Å². The van der Waals surface area contributed by atoms with E-state index in [9.17, 15) is 4.79 Å². The molecule has 1 aliphatic heterocycles. The number of hydrogen-bond donors (Lipinski definition) is 1. The number of ether oxygens (including phenoxy) is 1. The summed E-state index contributed by atoms with van der Waals surface area (Å²) in [6.45, 7) is 6.25. The Morgan fingerprint density at radius 1 is 1.06 bits per heavy atom. The maximum Gasteiger partial charge on any atom is 0.341 e. The van der Waals surface area contributed by atoms with Crippen LogP contribution in [0.15, 0.2) is 54.6 Å². The Morgan fingerprint density at radius 3 is 2.47 bits per heavy atom. The van der Waals surface area contributed by atoms with Gasteiger partial charge in [0.05, 0.1) is 22.2 Å². The number of nitrogens with one attached hydrogen (secondary N) is 1. The summed E-state index contributed by atoms with van der Waals surface area (Å²) < 4.78 is 5.28. The van der Waals surface area contributed by atoms with E-state index in [-0.39, 0.29) is 5.97 Å². The van der Waals surface area contributed by atoms with E-state index in [0.29, 0.717) is 32.3 Å². The fourth-order valence-corrected chi connectivity index (χ4v) is 5.49. The number of thiocarbonyl (C=S) groups is 1. The van der Waals surface area contributed by atoms with Gasteiger partial charge in [-0.05, 0) is 48.5 Å². The third-order valence-corrected chi connectivity index (χ3v) is 7.75. The van der Waals surface area contributed by atoms with Crippen molar-refractivity contribution in [2.75, 3.05) is 38.1 Å². The molecular formula is C25H25Cl2N3O2S2. The second-order valence-corrected chi connectivity index (χ2v) is 10.1. The first-order valence-electron chi connectivity index (χ1n) is 11.0. The first kappa shape index (κ1) is 24.9. The topological polar surface area (TPSA) is 44.8 Å². The van der Waals surface area contributed by atoms with Crippen molar-refractivity contribution in [3.63, 3.8) is 0 Å². The highest BCUT2D eigenvalue weighted by molar-refractivity contribution is 7.80. The van der Waals surface area contributed by atoms with Crippen molar-refractivity contribution in [1.82, 2.24) is 9.80 Å². The molecule has 0 unspecified atom stereocenters. The average molecular weight is 535 g/mol. The smallest absolute Gasteiger partial charge is 0.341 e. The molecule has 4 rings (SSSR count). The summed E-state index contributed by atoms with van der Waals surface area (Å²) in [5, 5.41) is 5.78. The van der Waals surface area contributed by atoms with Crippen LogP contribution >= 0.6 is 46.8 Å². The van der Waals surface area contributed by atoms with Crippen molar-refractivity contribution in [2.24, 2.45) is 0 Å². The van der Waals surface area contributed by atoms with E-state index in [0.717, 1.165) is 48.7 Å². The molecule has 178 valence electrons. The number of anilines is 1. The minimum atomic E-state index is -0.349. The molecule has 1 aliphatic rings. The van der Waals surface area contributed by atoms with Crippen LogP contribution in [0.4, 0.5) is 5.00 Å². The Balaban J connectivity index is 1.41. The number of carbonyl (C=O) groups is 1. The number of esters is 1. The standard InChI is InChI=1S/C25H25Cl2N3O2S2/c1-2-32-24(31)19-15-22(18-6-4-3-5-7-18)34-23(19)28-25(33)30-12-10-29(11-13-30)16-17-8-9-20(26)21(27)14-17/h3-9,14-15H,2,10-13,16H2,1H3,(H,28,33). The molecule has 1 N–H and O–H groups in total. The molecule has 0 aliphatic carbocycles. The lowest BCUT2D eigenvalue weighted by Crippen LogP contribution is -2.49. The summed E-state index contributed by atoms with van der Waals surface area (Å²) in [4.78, 5) is 18.1. The zero-order chi connectivity index (χ0) is 24.1. The normalized spacial score (nSPS) is 14.1. The molecule has 0 amide bonds. The Labute approximate surface area is 219 Å². The van der Waals surface area contributed by atoms with Gasteiger partial charge in [0, 0.05) is 37.6 Å². The maximum absolute atomic E-state index is 12.6. The highest BCUT2D eigenvalue weighted by atomic mass is 35.5. The fourth-order valence-electron chi connectivity index (χ4n) is 3.77. The molecule has 34 heavy (non-hydrogen) atoms. The molecule has 1 fully saturated rings. The summed E-state index contributed by atoms with van der Waals surface area (Å²) in [6, 6.07) is 17.6. The van der Waals surface area contributed by atoms with E-state index in [1.807, 2.05) is 54.6 Å². The van der Waals surface area contributed by atoms with Gasteiger partial charge in [-0.25, -0.2) is 4.79 Å². The minimum absolute atomic E-state index is 0.319. The number of rotatable bonds is 6. The van der Waals surface area contributed by atoms with Gasteiger partial charge in [-0.3, -0.25) is 4.90 Å². The predicted octanol–water partition coefficient (Wildman–Crippen LogP) is 6.41. The number of thiophene rings is 1. The van der Waals surface area contributed by atoms with E-state index in [1.165, 1.54) is 11.3 Å².